The smallest absolute Gasteiger partial charge is 0 e. The molecular formula is Al4Ti3+12. The molecule has 0 N–H and O–H groups in total. The minimum Gasteiger partial charge on any atom is 0 e. The van der Waals surface area contributed by atoms with E-state index in [1.165, 1.54) is 0 Å². The third kappa shape index (κ3) is 38.5. The van der Waals surface area contributed by atoms with Crippen LogP contribution in [-0.4, -0.2) is 69.4 Å². The Morgan fingerprint density at radius 3 is 0.286 bits per heavy atom. The van der Waals surface area contributed by atoms with Crippen molar-refractivity contribution in [2.75, 3.05) is 0 Å². The van der Waals surface area contributed by atoms with E-state index >= 15 is 0 Å². The summed E-state index contributed by atoms with van der Waals surface area (Å²) in [6.45, 7) is 0. The van der Waals surface area contributed by atoms with Crippen LogP contribution in [0.15, 0.2) is 0 Å². The fourth-order valence-electron chi connectivity index (χ4n) is 0. The predicted molar refractivity (Wildman–Crippen MR) is 23.0 cm³/mol. The first kappa shape index (κ1) is 65.2. The Morgan fingerprint density at radius 1 is 0.286 bits per heavy atom. The summed E-state index contributed by atoms with van der Waals surface area (Å²) < 4.78 is 0. The van der Waals surface area contributed by atoms with Gasteiger partial charge in [-0.1, -0.05) is 0 Å². The Morgan fingerprint density at radius 2 is 0.286 bits per heavy atom. The van der Waals surface area contributed by atoms with Gasteiger partial charge in [-0.15, -0.1) is 0 Å². The van der Waals surface area contributed by atoms with E-state index in [4.69, 9.17) is 0 Å². The molecule has 0 aromatic heterocycles. The third-order valence-electron chi connectivity index (χ3n) is 0. The molecule has 0 amide bonds. The van der Waals surface area contributed by atoms with Gasteiger partial charge in [-0.2, -0.15) is 0 Å². The molecule has 0 unspecified atom stereocenters. The summed E-state index contributed by atoms with van der Waals surface area (Å²) in [6, 6.07) is 0. The van der Waals surface area contributed by atoms with Gasteiger partial charge in [0.05, 0.1) is 0 Å². The van der Waals surface area contributed by atoms with Crippen molar-refractivity contribution < 1.29 is 65.2 Å². The van der Waals surface area contributed by atoms with E-state index in [1.807, 2.05) is 0 Å². The van der Waals surface area contributed by atoms with Crippen molar-refractivity contribution >= 4 is 69.4 Å². The number of hydrogen-bond donors (Lipinski definition) is 0. The van der Waals surface area contributed by atoms with Crippen molar-refractivity contribution in [1.29, 1.82) is 0 Å². The van der Waals surface area contributed by atoms with Crippen LogP contribution < -0.4 is 0 Å². The molecule has 0 spiro atoms. The van der Waals surface area contributed by atoms with E-state index in [1.54, 1.807) is 0 Å². The van der Waals surface area contributed by atoms with Crippen LogP contribution in [0.5, 0.6) is 0 Å². The largest absolute Gasteiger partial charge is 4.00 e. The zero-order chi connectivity index (χ0) is 0. The minimum absolute atomic E-state index is 0. The predicted octanol–water partition coefficient (Wildman–Crippen LogP) is -1.53. The Kier molecular flexibility index (Phi) is 450. The van der Waals surface area contributed by atoms with Crippen LogP contribution in [0.25, 0.3) is 0 Å². The van der Waals surface area contributed by atoms with Crippen molar-refractivity contribution in [3.05, 3.63) is 0 Å². The zero-order valence-corrected chi connectivity index (χ0v) is 13.1. The summed E-state index contributed by atoms with van der Waals surface area (Å²) in [7, 11) is 0. The molecule has 0 rings (SSSR count). The van der Waals surface area contributed by atoms with E-state index in [9.17, 15) is 0 Å². The van der Waals surface area contributed by atoms with Crippen molar-refractivity contribution in [3.8, 4) is 0 Å². The monoisotopic (exact) mass is 252 g/mol. The van der Waals surface area contributed by atoms with Gasteiger partial charge in [0.1, 0.15) is 0 Å². The van der Waals surface area contributed by atoms with Crippen LogP contribution in [0.1, 0.15) is 0 Å². The van der Waals surface area contributed by atoms with E-state index in [-0.39, 0.29) is 135 Å². The number of hydrogen-bond acceptors (Lipinski definition) is 0. The molecule has 0 nitrogen and oxygen atoms in total. The van der Waals surface area contributed by atoms with E-state index in [0.29, 0.717) is 0 Å². The maximum Gasteiger partial charge on any atom is 4.00 e. The molecule has 0 aliphatic rings. The molecule has 0 bridgehead atoms. The van der Waals surface area contributed by atoms with Gasteiger partial charge in [-0.25, -0.2) is 0 Å². The quantitative estimate of drug-likeness (QED) is 0.458. The Bertz CT molecular complexity index is 6.90. The van der Waals surface area contributed by atoms with Gasteiger partial charge in [0.2, 0.25) is 0 Å². The molecule has 0 heterocycles. The summed E-state index contributed by atoms with van der Waals surface area (Å²) in [6.07, 6.45) is 0. The van der Waals surface area contributed by atoms with E-state index in [0.717, 1.165) is 0 Å². The fraction of sp³-hybridized carbons (Fsp3) is 0. The van der Waals surface area contributed by atoms with Gasteiger partial charge in [0.15, 0.2) is 0 Å². The average Bonchev–Trinajstić information content (AvgIpc) is 0. The summed E-state index contributed by atoms with van der Waals surface area (Å²) in [5.41, 5.74) is 0. The van der Waals surface area contributed by atoms with Crippen molar-refractivity contribution in [2.45, 2.75) is 0 Å². The zero-order valence-electron chi connectivity index (χ0n) is 3.81. The van der Waals surface area contributed by atoms with Crippen LogP contribution in [0.2, 0.25) is 0 Å². The second-order valence-corrected chi connectivity index (χ2v) is 0. The standard InChI is InChI=1S/4Al.3Ti/q;;;;3*+4. The molecular weight excluding hydrogens is 252 g/mol. The van der Waals surface area contributed by atoms with Crippen molar-refractivity contribution in [3.63, 3.8) is 0 Å². The molecule has 0 saturated carbocycles. The minimum atomic E-state index is 0. The van der Waals surface area contributed by atoms with Gasteiger partial charge in [-0.3, -0.25) is 0 Å². The second-order valence-electron chi connectivity index (χ2n) is 0. The molecule has 0 aliphatic heterocycles. The third-order valence-corrected chi connectivity index (χ3v) is 0. The molecule has 0 aromatic rings. The summed E-state index contributed by atoms with van der Waals surface area (Å²) in [5.74, 6) is 0. The van der Waals surface area contributed by atoms with Crippen LogP contribution in [-0.2, 0) is 65.2 Å². The SMILES string of the molecule is [Al].[Al].[Al].[Al].[Ti+4].[Ti+4].[Ti+4]. The molecule has 0 aliphatic carbocycles. The van der Waals surface area contributed by atoms with Crippen LogP contribution in [0.3, 0.4) is 0 Å². The molecule has 0 aromatic carbocycles. The van der Waals surface area contributed by atoms with Gasteiger partial charge < -0.3 is 0 Å². The summed E-state index contributed by atoms with van der Waals surface area (Å²) in [5, 5.41) is 0. The molecule has 7 heavy (non-hydrogen) atoms. The second kappa shape index (κ2) is 48.4. The average molecular weight is 252 g/mol. The molecule has 0 fully saturated rings. The van der Waals surface area contributed by atoms with Gasteiger partial charge in [-0.05, 0) is 0 Å². The van der Waals surface area contributed by atoms with Gasteiger partial charge >= 0.3 is 65.2 Å². The van der Waals surface area contributed by atoms with E-state index < -0.39 is 0 Å². The van der Waals surface area contributed by atoms with Crippen LogP contribution in [0, 0.1) is 0 Å². The first-order valence-corrected chi connectivity index (χ1v) is 0. The molecule has 0 saturated heterocycles. The van der Waals surface area contributed by atoms with Gasteiger partial charge in [0, 0.05) is 69.4 Å². The van der Waals surface area contributed by atoms with Crippen LogP contribution >= 0.6 is 0 Å². The Labute approximate surface area is 132 Å². The first-order valence-electron chi connectivity index (χ1n) is 0. The first-order chi connectivity index (χ1) is 0. The Hall–Kier alpha value is 4.27. The van der Waals surface area contributed by atoms with Crippen LogP contribution in [0.4, 0.5) is 0 Å². The molecule has 12 valence electrons. The fourth-order valence-corrected chi connectivity index (χ4v) is 0. The molecule has 0 atom stereocenters. The van der Waals surface area contributed by atoms with Crippen molar-refractivity contribution in [1.82, 2.24) is 0 Å². The molecule has 7 heteroatoms. The maximum absolute atomic E-state index is 0. The maximum atomic E-state index is 0. The normalized spacial score (nSPS) is 0. The number of rotatable bonds is 0. The van der Waals surface area contributed by atoms with Crippen molar-refractivity contribution in [2.24, 2.45) is 0 Å². The summed E-state index contributed by atoms with van der Waals surface area (Å²) >= 11 is 0. The van der Waals surface area contributed by atoms with E-state index in [2.05, 4.69) is 0 Å². The Balaban J connectivity index is 0. The topological polar surface area (TPSA) is 0 Å². The summed E-state index contributed by atoms with van der Waals surface area (Å²) in [4.78, 5) is 0. The van der Waals surface area contributed by atoms with Gasteiger partial charge in [0.25, 0.3) is 0 Å². The molecule has 12 radical (unpaired) electrons.